The molecule has 0 aliphatic carbocycles. The molecule has 0 spiro atoms. The number of aromatic hydroxyl groups is 1. The fourth-order valence-electron chi connectivity index (χ4n) is 8.62. The van der Waals surface area contributed by atoms with Crippen LogP contribution in [0.4, 0.5) is 15.3 Å². The first-order valence-electron chi connectivity index (χ1n) is 21.0. The number of amides is 4. The van der Waals surface area contributed by atoms with Gasteiger partial charge in [-0.15, -0.1) is 0 Å². The molecular formula is C43H61ClN6O8. The van der Waals surface area contributed by atoms with Crippen molar-refractivity contribution < 1.29 is 38.5 Å². The number of phenolic OH excluding ortho intramolecular Hbond substituents is 1. The molecule has 0 aromatic heterocycles. The van der Waals surface area contributed by atoms with Crippen LogP contribution in [0.1, 0.15) is 55.7 Å². The summed E-state index contributed by atoms with van der Waals surface area (Å²) in [5, 5.41) is 13.5. The molecule has 4 aliphatic rings. The Morgan fingerprint density at radius 3 is 2.45 bits per heavy atom. The van der Waals surface area contributed by atoms with E-state index in [1.165, 1.54) is 0 Å². The Hall–Kier alpha value is -4.11. The number of para-hydroxylation sites is 1. The molecule has 0 radical (unpaired) electrons. The molecule has 14 nitrogen and oxygen atoms in total. The third-order valence-corrected chi connectivity index (χ3v) is 12.7. The van der Waals surface area contributed by atoms with Gasteiger partial charge >= 0.3 is 18.1 Å². The fraction of sp³-hybridized carbons (Fsp3) is 0.628. The molecule has 3 saturated heterocycles. The minimum atomic E-state index is -1.10. The van der Waals surface area contributed by atoms with Gasteiger partial charge in [-0.05, 0) is 99.2 Å². The van der Waals surface area contributed by atoms with Crippen LogP contribution in [0.15, 0.2) is 36.4 Å². The molecule has 2 aromatic carbocycles. The van der Waals surface area contributed by atoms with Gasteiger partial charge in [-0.2, -0.15) is 0 Å². The number of carbonyl (C=O) groups is 4. The molecule has 2 N–H and O–H groups in total. The molecule has 4 amide bonds. The topological polar surface area (TPSA) is 144 Å². The SMILES string of the molecule is Cc1cc(C[C@@H](OC(=O)N2CCC(N3CCc4ccccc4NC3=O)CC2)C(=O)N(C)CCC(C)C2CCN(CC(=O)OCCN3CCOCC3)CC2)cc(Cl)c1O. The maximum Gasteiger partial charge on any atom is 0.410 e. The molecule has 0 saturated carbocycles. The van der Waals surface area contributed by atoms with E-state index in [1.807, 2.05) is 29.2 Å². The van der Waals surface area contributed by atoms with E-state index in [1.54, 1.807) is 35.9 Å². The molecule has 6 rings (SSSR count). The van der Waals surface area contributed by atoms with Crippen LogP contribution >= 0.6 is 11.6 Å². The van der Waals surface area contributed by atoms with Crippen LogP contribution in [0.25, 0.3) is 0 Å². The number of likely N-dealkylation sites (N-methyl/N-ethyl adjacent to an activating group) is 1. The summed E-state index contributed by atoms with van der Waals surface area (Å²) < 4.78 is 16.9. The lowest BCUT2D eigenvalue weighted by atomic mass is 9.83. The van der Waals surface area contributed by atoms with Crippen LogP contribution in [0.3, 0.4) is 0 Å². The van der Waals surface area contributed by atoms with E-state index in [0.29, 0.717) is 75.1 Å². The maximum absolute atomic E-state index is 14.1. The molecule has 4 aliphatic heterocycles. The Morgan fingerprint density at radius 1 is 1.00 bits per heavy atom. The van der Waals surface area contributed by atoms with Gasteiger partial charge in [-0.1, -0.05) is 42.8 Å². The van der Waals surface area contributed by atoms with Gasteiger partial charge in [-0.25, -0.2) is 9.59 Å². The molecule has 3 fully saturated rings. The van der Waals surface area contributed by atoms with Gasteiger partial charge in [0.15, 0.2) is 6.10 Å². The van der Waals surface area contributed by atoms with E-state index in [0.717, 1.165) is 82.9 Å². The summed E-state index contributed by atoms with van der Waals surface area (Å²) in [6.45, 7) is 12.1. The van der Waals surface area contributed by atoms with Gasteiger partial charge in [0.1, 0.15) is 12.4 Å². The number of fused-ring (bicyclic) bond motifs is 1. The number of nitrogens with zero attached hydrogens (tertiary/aromatic N) is 5. The van der Waals surface area contributed by atoms with E-state index in [9.17, 15) is 24.3 Å². The van der Waals surface area contributed by atoms with Crippen molar-refractivity contribution in [1.29, 1.82) is 0 Å². The number of rotatable bonds is 14. The monoisotopic (exact) mass is 824 g/mol. The van der Waals surface area contributed by atoms with Crippen LogP contribution in [0, 0.1) is 18.8 Å². The molecule has 0 bridgehead atoms. The van der Waals surface area contributed by atoms with Crippen LogP contribution in [0.5, 0.6) is 5.75 Å². The first-order valence-corrected chi connectivity index (χ1v) is 21.3. The molecular weight excluding hydrogens is 764 g/mol. The summed E-state index contributed by atoms with van der Waals surface area (Å²) in [6.07, 6.45) is 3.09. The van der Waals surface area contributed by atoms with Crippen molar-refractivity contribution in [2.75, 3.05) is 97.6 Å². The fourth-order valence-corrected chi connectivity index (χ4v) is 8.91. The number of carbonyl (C=O) groups excluding carboxylic acids is 4. The number of aryl methyl sites for hydroxylation is 1. The van der Waals surface area contributed by atoms with Crippen molar-refractivity contribution in [3.8, 4) is 5.75 Å². The van der Waals surface area contributed by atoms with Crippen molar-refractivity contribution in [1.82, 2.24) is 24.5 Å². The highest BCUT2D eigenvalue weighted by Crippen LogP contribution is 2.31. The van der Waals surface area contributed by atoms with E-state index >= 15 is 0 Å². The van der Waals surface area contributed by atoms with Gasteiger partial charge in [0.05, 0.1) is 24.8 Å². The molecule has 58 heavy (non-hydrogen) atoms. The first kappa shape index (κ1) is 43.5. The van der Waals surface area contributed by atoms with E-state index < -0.39 is 12.2 Å². The molecule has 2 aromatic rings. The Bertz CT molecular complexity index is 1700. The third-order valence-electron chi connectivity index (χ3n) is 12.4. The summed E-state index contributed by atoms with van der Waals surface area (Å²) in [4.78, 5) is 62.9. The van der Waals surface area contributed by atoms with Crippen LogP contribution in [-0.2, 0) is 36.6 Å². The van der Waals surface area contributed by atoms with Gasteiger partial charge in [0, 0.05) is 71.0 Å². The second-order valence-electron chi connectivity index (χ2n) is 16.4. The summed E-state index contributed by atoms with van der Waals surface area (Å²) in [5.74, 6) is 0.301. The number of hydrogen-bond donors (Lipinski definition) is 2. The zero-order chi connectivity index (χ0) is 41.2. The Morgan fingerprint density at radius 2 is 1.72 bits per heavy atom. The number of morpholine rings is 1. The van der Waals surface area contributed by atoms with Crippen LogP contribution in [0.2, 0.25) is 5.02 Å². The van der Waals surface area contributed by atoms with E-state index in [-0.39, 0.29) is 41.1 Å². The highest BCUT2D eigenvalue weighted by molar-refractivity contribution is 6.32. The number of phenols is 1. The molecule has 15 heteroatoms. The largest absolute Gasteiger partial charge is 0.506 e. The van der Waals surface area contributed by atoms with Crippen molar-refractivity contribution >= 4 is 41.3 Å². The number of hydrogen-bond acceptors (Lipinski definition) is 10. The zero-order valence-corrected chi connectivity index (χ0v) is 35.1. The molecule has 4 heterocycles. The van der Waals surface area contributed by atoms with E-state index in [4.69, 9.17) is 25.8 Å². The average molecular weight is 825 g/mol. The number of nitrogens with one attached hydrogen (secondary N) is 1. The predicted octanol–water partition coefficient (Wildman–Crippen LogP) is 5.03. The highest BCUT2D eigenvalue weighted by atomic mass is 35.5. The Labute approximate surface area is 347 Å². The Kier molecular flexibility index (Phi) is 15.5. The second kappa shape index (κ2) is 20.7. The zero-order valence-electron chi connectivity index (χ0n) is 34.3. The van der Waals surface area contributed by atoms with Crippen molar-refractivity contribution in [2.24, 2.45) is 11.8 Å². The minimum absolute atomic E-state index is 0.0218. The van der Waals surface area contributed by atoms with Gasteiger partial charge < -0.3 is 39.3 Å². The summed E-state index contributed by atoms with van der Waals surface area (Å²) in [5.41, 5.74) is 3.18. The number of benzene rings is 2. The summed E-state index contributed by atoms with van der Waals surface area (Å²) in [7, 11) is 1.74. The maximum atomic E-state index is 14.1. The number of likely N-dealkylation sites (tertiary alicyclic amines) is 2. The van der Waals surface area contributed by atoms with Crippen LogP contribution in [-0.4, -0.2) is 158 Å². The number of piperidine rings is 2. The van der Waals surface area contributed by atoms with Gasteiger partial charge in [0.25, 0.3) is 5.91 Å². The number of halogens is 1. The predicted molar refractivity (Wildman–Crippen MR) is 221 cm³/mol. The first-order chi connectivity index (χ1) is 27.9. The number of anilines is 1. The molecule has 2 atom stereocenters. The van der Waals surface area contributed by atoms with Crippen molar-refractivity contribution in [3.05, 3.63) is 58.1 Å². The smallest absolute Gasteiger partial charge is 0.410 e. The van der Waals surface area contributed by atoms with Gasteiger partial charge in [0.2, 0.25) is 0 Å². The lowest BCUT2D eigenvalue weighted by molar-refractivity contribution is -0.146. The molecule has 1 unspecified atom stereocenters. The number of urea groups is 1. The second-order valence-corrected chi connectivity index (χ2v) is 16.8. The Balaban J connectivity index is 0.978. The quantitative estimate of drug-likeness (QED) is 0.249. The lowest BCUT2D eigenvalue weighted by Crippen LogP contribution is -2.51. The lowest BCUT2D eigenvalue weighted by Gasteiger charge is -2.38. The van der Waals surface area contributed by atoms with Crippen molar-refractivity contribution in [2.45, 2.75) is 70.9 Å². The summed E-state index contributed by atoms with van der Waals surface area (Å²) >= 11 is 6.31. The number of ether oxygens (including phenoxy) is 3. The average Bonchev–Trinajstić information content (AvgIpc) is 3.39. The van der Waals surface area contributed by atoms with E-state index in [2.05, 4.69) is 22.0 Å². The molecule has 318 valence electrons. The number of esters is 1. The minimum Gasteiger partial charge on any atom is -0.506 e. The normalized spacial score (nSPS) is 19.8. The standard InChI is InChI=1S/C43H61ClN6O8/c1-30(33-9-15-48(16-10-33)29-39(51)57-25-22-47-20-23-56-24-21-47)8-14-46(3)41(53)38(28-32-26-31(2)40(52)36(44)27-32)58-43(55)49-17-12-35(13-18-49)50-19-11-34-6-4-5-7-37(34)45-42(50)54/h4-7,26-27,30,33,35,38,52H,8-25,28-29H2,1-3H3,(H,45,54)/t30?,38-/m1/s1. The summed E-state index contributed by atoms with van der Waals surface area (Å²) in [6, 6.07) is 11.0. The third kappa shape index (κ3) is 11.8. The highest BCUT2D eigenvalue weighted by Gasteiger charge is 2.35. The van der Waals surface area contributed by atoms with Gasteiger partial charge in [-0.3, -0.25) is 19.4 Å². The van der Waals surface area contributed by atoms with Crippen LogP contribution < -0.4 is 5.32 Å². The van der Waals surface area contributed by atoms with Crippen molar-refractivity contribution in [3.63, 3.8) is 0 Å².